The summed E-state index contributed by atoms with van der Waals surface area (Å²) in [5, 5.41) is 4.52. The molecule has 3 heterocycles. The molecule has 0 unspecified atom stereocenters. The summed E-state index contributed by atoms with van der Waals surface area (Å²) in [6.07, 6.45) is 4.02. The molecule has 0 bridgehead atoms. The van der Waals surface area contributed by atoms with E-state index < -0.39 is 6.04 Å². The molecule has 33 heavy (non-hydrogen) atoms. The minimum atomic E-state index is -0.517. The van der Waals surface area contributed by atoms with Crippen LogP contribution in [0.25, 0.3) is 11.1 Å². The molecule has 1 aromatic carbocycles. The van der Waals surface area contributed by atoms with E-state index in [1.807, 2.05) is 62.9 Å². The number of carbonyl (C=O) groups is 2. The maximum Gasteiger partial charge on any atom is 0.245 e. The predicted octanol–water partition coefficient (Wildman–Crippen LogP) is 3.17. The number of carbonyl (C=O) groups excluding carboxylic acids is 2. The maximum absolute atomic E-state index is 13.4. The molecule has 0 spiro atoms. The number of nitrogens with zero attached hydrogens (tertiary/aromatic N) is 5. The fourth-order valence-corrected chi connectivity index (χ4v) is 4.45. The molecule has 0 aliphatic carbocycles. The molecule has 1 aliphatic rings. The second kappa shape index (κ2) is 9.57. The van der Waals surface area contributed by atoms with Gasteiger partial charge in [0.1, 0.15) is 12.6 Å². The molecule has 3 aromatic rings. The van der Waals surface area contributed by atoms with Crippen LogP contribution in [0.2, 0.25) is 0 Å². The van der Waals surface area contributed by atoms with E-state index in [2.05, 4.69) is 16.1 Å². The van der Waals surface area contributed by atoms with Crippen molar-refractivity contribution >= 4 is 11.8 Å². The Morgan fingerprint density at radius 3 is 2.48 bits per heavy atom. The average molecular weight is 446 g/mol. The van der Waals surface area contributed by atoms with Gasteiger partial charge in [0.25, 0.3) is 0 Å². The molecule has 4 rings (SSSR count). The molecular formula is C26H31N5O2. The fourth-order valence-electron chi connectivity index (χ4n) is 4.45. The Labute approximate surface area is 195 Å². The van der Waals surface area contributed by atoms with Crippen molar-refractivity contribution in [1.82, 2.24) is 24.6 Å². The van der Waals surface area contributed by atoms with Gasteiger partial charge < -0.3 is 9.80 Å². The van der Waals surface area contributed by atoms with Crippen LogP contribution in [0.3, 0.4) is 0 Å². The van der Waals surface area contributed by atoms with Crippen molar-refractivity contribution in [3.63, 3.8) is 0 Å². The quantitative estimate of drug-likeness (QED) is 0.584. The molecule has 0 N–H and O–H groups in total. The van der Waals surface area contributed by atoms with Crippen LogP contribution in [0.15, 0.2) is 48.8 Å². The van der Waals surface area contributed by atoms with E-state index in [-0.39, 0.29) is 18.4 Å². The number of pyridine rings is 1. The summed E-state index contributed by atoms with van der Waals surface area (Å²) >= 11 is 0. The maximum atomic E-state index is 13.4. The molecule has 1 atom stereocenters. The highest BCUT2D eigenvalue weighted by molar-refractivity contribution is 5.89. The number of hydrogen-bond donors (Lipinski definition) is 0. The average Bonchev–Trinajstić information content (AvgIpc) is 3.07. The lowest BCUT2D eigenvalue weighted by molar-refractivity contribution is -0.151. The lowest BCUT2D eigenvalue weighted by Crippen LogP contribution is -2.59. The van der Waals surface area contributed by atoms with Crippen LogP contribution in [0.1, 0.15) is 29.4 Å². The number of aromatic nitrogens is 3. The van der Waals surface area contributed by atoms with Crippen LogP contribution in [0, 0.1) is 20.8 Å². The molecule has 2 aromatic heterocycles. The largest absolute Gasteiger partial charge is 0.339 e. The Morgan fingerprint density at radius 1 is 1.06 bits per heavy atom. The van der Waals surface area contributed by atoms with Gasteiger partial charge in [-0.15, -0.1) is 0 Å². The van der Waals surface area contributed by atoms with Crippen molar-refractivity contribution in [3.05, 3.63) is 71.3 Å². The summed E-state index contributed by atoms with van der Waals surface area (Å²) in [6.45, 7) is 9.81. The van der Waals surface area contributed by atoms with Crippen molar-refractivity contribution in [3.8, 4) is 11.1 Å². The SMILES string of the molecule is CCN1CCN(C(=O)Cn2nc(C)c(C)c2C)[C@@H](Cc2cccc(-c3ccncc3)c2)C1=O. The zero-order valence-electron chi connectivity index (χ0n) is 19.8. The number of benzene rings is 1. The van der Waals surface area contributed by atoms with E-state index >= 15 is 0 Å². The first-order chi connectivity index (χ1) is 15.9. The summed E-state index contributed by atoms with van der Waals surface area (Å²) in [6, 6.07) is 11.6. The number of amides is 2. The van der Waals surface area contributed by atoms with Gasteiger partial charge in [-0.25, -0.2) is 0 Å². The van der Waals surface area contributed by atoms with Gasteiger partial charge in [-0.1, -0.05) is 24.3 Å². The van der Waals surface area contributed by atoms with E-state index in [1.54, 1.807) is 22.0 Å². The van der Waals surface area contributed by atoms with E-state index in [1.165, 1.54) is 0 Å². The van der Waals surface area contributed by atoms with Gasteiger partial charge in [0, 0.05) is 44.1 Å². The Kier molecular flexibility index (Phi) is 6.58. The summed E-state index contributed by atoms with van der Waals surface area (Å²) < 4.78 is 1.75. The standard InChI is InChI=1S/C26H31N5O2/c1-5-29-13-14-30(25(32)17-31-20(4)18(2)19(3)28-31)24(26(29)33)16-21-7-6-8-23(15-21)22-9-11-27-12-10-22/h6-12,15,24H,5,13-14,16-17H2,1-4H3/t24-/m0/s1. The molecule has 0 saturated carbocycles. The summed E-state index contributed by atoms with van der Waals surface area (Å²) in [4.78, 5) is 34.3. The van der Waals surface area contributed by atoms with Gasteiger partial charge in [-0.2, -0.15) is 5.10 Å². The molecule has 0 radical (unpaired) electrons. The number of aryl methyl sites for hydroxylation is 1. The lowest BCUT2D eigenvalue weighted by Gasteiger charge is -2.40. The van der Waals surface area contributed by atoms with E-state index in [9.17, 15) is 9.59 Å². The van der Waals surface area contributed by atoms with E-state index in [0.717, 1.165) is 33.6 Å². The molecule has 172 valence electrons. The summed E-state index contributed by atoms with van der Waals surface area (Å²) in [7, 11) is 0. The van der Waals surface area contributed by atoms with Crippen LogP contribution < -0.4 is 0 Å². The molecule has 1 aliphatic heterocycles. The predicted molar refractivity (Wildman–Crippen MR) is 128 cm³/mol. The highest BCUT2D eigenvalue weighted by Gasteiger charge is 2.37. The second-order valence-corrected chi connectivity index (χ2v) is 8.61. The Morgan fingerprint density at radius 2 is 1.82 bits per heavy atom. The highest BCUT2D eigenvalue weighted by Crippen LogP contribution is 2.23. The van der Waals surface area contributed by atoms with Crippen LogP contribution in [0.5, 0.6) is 0 Å². The third-order valence-corrected chi connectivity index (χ3v) is 6.68. The number of hydrogen-bond acceptors (Lipinski definition) is 4. The zero-order chi connectivity index (χ0) is 23.5. The van der Waals surface area contributed by atoms with Crippen molar-refractivity contribution < 1.29 is 9.59 Å². The molecule has 2 amide bonds. The van der Waals surface area contributed by atoms with Crippen LogP contribution in [-0.4, -0.2) is 62.1 Å². The number of rotatable bonds is 6. The Hall–Kier alpha value is -3.48. The van der Waals surface area contributed by atoms with Crippen molar-refractivity contribution in [2.45, 2.75) is 46.7 Å². The fraction of sp³-hybridized carbons (Fsp3) is 0.385. The summed E-state index contributed by atoms with van der Waals surface area (Å²) in [5.41, 5.74) is 6.18. The zero-order valence-corrected chi connectivity index (χ0v) is 19.8. The second-order valence-electron chi connectivity index (χ2n) is 8.61. The molecular weight excluding hydrogens is 414 g/mol. The van der Waals surface area contributed by atoms with Gasteiger partial charge in [0.05, 0.1) is 5.69 Å². The first kappa shape index (κ1) is 22.7. The van der Waals surface area contributed by atoms with Crippen LogP contribution in [0.4, 0.5) is 0 Å². The smallest absolute Gasteiger partial charge is 0.245 e. The number of piperazine rings is 1. The lowest BCUT2D eigenvalue weighted by atomic mass is 9.97. The van der Waals surface area contributed by atoms with Crippen LogP contribution >= 0.6 is 0 Å². The molecule has 7 nitrogen and oxygen atoms in total. The van der Waals surface area contributed by atoms with E-state index in [0.29, 0.717) is 26.1 Å². The van der Waals surface area contributed by atoms with E-state index in [4.69, 9.17) is 0 Å². The topological polar surface area (TPSA) is 71.3 Å². The number of likely N-dealkylation sites (N-methyl/N-ethyl adjacent to an activating group) is 1. The highest BCUT2D eigenvalue weighted by atomic mass is 16.2. The monoisotopic (exact) mass is 445 g/mol. The first-order valence-corrected chi connectivity index (χ1v) is 11.5. The normalized spacial score (nSPS) is 16.4. The van der Waals surface area contributed by atoms with Gasteiger partial charge >= 0.3 is 0 Å². The molecule has 1 fully saturated rings. The Balaban J connectivity index is 1.59. The first-order valence-electron chi connectivity index (χ1n) is 11.5. The van der Waals surface area contributed by atoms with Gasteiger partial charge in [0.2, 0.25) is 11.8 Å². The third kappa shape index (κ3) is 4.67. The minimum absolute atomic E-state index is 0.0102. The summed E-state index contributed by atoms with van der Waals surface area (Å²) in [5.74, 6) is -0.0593. The van der Waals surface area contributed by atoms with Crippen LogP contribution in [-0.2, 0) is 22.6 Å². The van der Waals surface area contributed by atoms with Gasteiger partial charge in [0.15, 0.2) is 0 Å². The molecule has 1 saturated heterocycles. The van der Waals surface area contributed by atoms with Gasteiger partial charge in [-0.3, -0.25) is 19.3 Å². The van der Waals surface area contributed by atoms with Crippen molar-refractivity contribution in [1.29, 1.82) is 0 Å². The van der Waals surface area contributed by atoms with Gasteiger partial charge in [-0.05, 0) is 62.1 Å². The van der Waals surface area contributed by atoms with Crippen molar-refractivity contribution in [2.24, 2.45) is 0 Å². The van der Waals surface area contributed by atoms with Crippen molar-refractivity contribution in [2.75, 3.05) is 19.6 Å². The molecule has 7 heteroatoms. The minimum Gasteiger partial charge on any atom is -0.339 e. The third-order valence-electron chi connectivity index (χ3n) is 6.68. The Bertz CT molecular complexity index is 1150.